The molecule has 0 saturated carbocycles. The fourth-order valence-corrected chi connectivity index (χ4v) is 3.25. The summed E-state index contributed by atoms with van der Waals surface area (Å²) in [7, 11) is -4.47. The summed E-state index contributed by atoms with van der Waals surface area (Å²) in [6.45, 7) is 8.70. The van der Waals surface area contributed by atoms with Crippen molar-refractivity contribution in [3.8, 4) is 5.75 Å². The smallest absolute Gasteiger partial charge is 0.262 e. The van der Waals surface area contributed by atoms with E-state index in [1.807, 2.05) is 11.6 Å². The number of benzene rings is 1. The highest BCUT2D eigenvalue weighted by atomic mass is 32.2. The molecule has 2 rings (SSSR count). The van der Waals surface area contributed by atoms with Crippen LogP contribution in [0, 0.1) is 20.8 Å². The lowest BCUT2D eigenvalue weighted by molar-refractivity contribution is -0.751. The van der Waals surface area contributed by atoms with Gasteiger partial charge in [0.05, 0.1) is 4.90 Å². The van der Waals surface area contributed by atoms with Crippen molar-refractivity contribution in [2.45, 2.75) is 39.1 Å². The molecule has 0 fully saturated rings. The molecule has 0 spiro atoms. The maximum Gasteiger partial charge on any atom is 0.262 e. The first-order valence-electron chi connectivity index (χ1n) is 6.24. The van der Waals surface area contributed by atoms with Crippen molar-refractivity contribution >= 4 is 21.5 Å². The summed E-state index contributed by atoms with van der Waals surface area (Å²) in [6.07, 6.45) is 0. The molecule has 2 aromatic rings. The molecule has 1 aromatic carbocycles. The Balaban J connectivity index is 0.000000219. The fraction of sp³-hybridized carbons (Fsp3) is 0.385. The Morgan fingerprint density at radius 3 is 2.29 bits per heavy atom. The number of hydrogen-bond donors (Lipinski definition) is 1. The predicted octanol–water partition coefficient (Wildman–Crippen LogP) is 1.67. The van der Waals surface area contributed by atoms with E-state index in [1.165, 1.54) is 24.1 Å². The summed E-state index contributed by atoms with van der Waals surface area (Å²) in [4.78, 5) is -0.373. The average molecular weight is 330 g/mol. The molecule has 8 heteroatoms. The Morgan fingerprint density at radius 1 is 1.33 bits per heavy atom. The van der Waals surface area contributed by atoms with Crippen molar-refractivity contribution in [2.24, 2.45) is 0 Å². The third-order valence-electron chi connectivity index (χ3n) is 2.66. The number of aromatic nitrogens is 2. The summed E-state index contributed by atoms with van der Waals surface area (Å²) < 4.78 is 33.6. The van der Waals surface area contributed by atoms with Crippen molar-refractivity contribution in [1.82, 2.24) is 5.10 Å². The van der Waals surface area contributed by atoms with E-state index in [9.17, 15) is 13.0 Å². The van der Waals surface area contributed by atoms with Gasteiger partial charge in [0.1, 0.15) is 15.9 Å². The SMILES string of the molecule is CC[n+]1nc(C)sc1C.Cc1ccc(O)cc1S(=O)(=O)[O-]. The zero-order chi connectivity index (χ0) is 16.2. The van der Waals surface area contributed by atoms with Gasteiger partial charge in [-0.25, -0.2) is 8.42 Å². The van der Waals surface area contributed by atoms with Crippen LogP contribution in [0.15, 0.2) is 23.1 Å². The Bertz CT molecular complexity index is 724. The second-order valence-corrected chi connectivity index (χ2v) is 7.09. The van der Waals surface area contributed by atoms with Gasteiger partial charge in [-0.3, -0.25) is 0 Å². The summed E-state index contributed by atoms with van der Waals surface area (Å²) in [5.41, 5.74) is 0.336. The maximum absolute atomic E-state index is 10.5. The van der Waals surface area contributed by atoms with E-state index in [2.05, 4.69) is 18.9 Å². The Morgan fingerprint density at radius 2 is 1.95 bits per heavy atom. The van der Waals surface area contributed by atoms with Gasteiger partial charge in [0.2, 0.25) is 0 Å². The minimum Gasteiger partial charge on any atom is -0.744 e. The van der Waals surface area contributed by atoms with Gasteiger partial charge in [-0.05, 0) is 38.5 Å². The van der Waals surface area contributed by atoms with E-state index in [-0.39, 0.29) is 10.6 Å². The van der Waals surface area contributed by atoms with Crippen molar-refractivity contribution < 1.29 is 22.8 Å². The van der Waals surface area contributed by atoms with Gasteiger partial charge in [0, 0.05) is 12.0 Å². The van der Waals surface area contributed by atoms with E-state index in [0.717, 1.165) is 17.6 Å². The monoisotopic (exact) mass is 330 g/mol. The van der Waals surface area contributed by atoms with Crippen LogP contribution in [0.5, 0.6) is 5.75 Å². The summed E-state index contributed by atoms with van der Waals surface area (Å²) in [5.74, 6) is -0.227. The van der Waals surface area contributed by atoms with E-state index in [0.29, 0.717) is 5.56 Å². The van der Waals surface area contributed by atoms with E-state index < -0.39 is 10.1 Å². The van der Waals surface area contributed by atoms with Crippen LogP contribution in [0.3, 0.4) is 0 Å². The number of rotatable bonds is 2. The molecule has 0 amide bonds. The van der Waals surface area contributed by atoms with Crippen LogP contribution < -0.4 is 4.68 Å². The molecule has 0 atom stereocenters. The highest BCUT2D eigenvalue weighted by Gasteiger charge is 2.08. The van der Waals surface area contributed by atoms with Crippen LogP contribution in [-0.4, -0.2) is 23.2 Å². The molecular formula is C13H18N2O4S2. The highest BCUT2D eigenvalue weighted by Crippen LogP contribution is 2.19. The third-order valence-corrected chi connectivity index (χ3v) is 4.52. The van der Waals surface area contributed by atoms with Crippen LogP contribution in [0.4, 0.5) is 0 Å². The zero-order valence-corrected chi connectivity index (χ0v) is 14.0. The van der Waals surface area contributed by atoms with Gasteiger partial charge >= 0.3 is 0 Å². The largest absolute Gasteiger partial charge is 0.744 e. The number of phenolic OH excluding ortho intramolecular Hbond substituents is 1. The molecule has 0 aliphatic heterocycles. The molecule has 116 valence electrons. The number of nitrogens with zero attached hydrogens (tertiary/aromatic N) is 2. The molecular weight excluding hydrogens is 312 g/mol. The Labute approximate surface area is 128 Å². The van der Waals surface area contributed by atoms with Gasteiger partial charge < -0.3 is 9.66 Å². The molecule has 21 heavy (non-hydrogen) atoms. The van der Waals surface area contributed by atoms with Crippen LogP contribution in [0.1, 0.15) is 22.5 Å². The molecule has 0 unspecified atom stereocenters. The standard InChI is InChI=1S/C7H8O4S.C6H11N2S/c1-5-2-3-6(8)4-7(5)12(9,10)11;1-4-8-6(3)9-5(2)7-8/h2-4,8H,1H3,(H,9,10,11);4H2,1-3H3/q;+1/p-1. The predicted molar refractivity (Wildman–Crippen MR) is 78.3 cm³/mol. The number of phenols is 1. The minimum atomic E-state index is -4.47. The normalized spacial score (nSPS) is 10.9. The number of hydrogen-bond acceptors (Lipinski definition) is 6. The van der Waals surface area contributed by atoms with Crippen molar-refractivity contribution in [2.75, 3.05) is 0 Å². The van der Waals surface area contributed by atoms with Crippen LogP contribution >= 0.6 is 11.3 Å². The molecule has 1 heterocycles. The molecule has 0 saturated heterocycles. The lowest BCUT2D eigenvalue weighted by Crippen LogP contribution is -2.36. The van der Waals surface area contributed by atoms with Crippen LogP contribution in [0.25, 0.3) is 0 Å². The summed E-state index contributed by atoms with van der Waals surface area (Å²) >= 11 is 1.75. The topological polar surface area (TPSA) is 94.2 Å². The quantitative estimate of drug-likeness (QED) is 0.668. The summed E-state index contributed by atoms with van der Waals surface area (Å²) in [5, 5.41) is 15.6. The van der Waals surface area contributed by atoms with Crippen molar-refractivity contribution in [1.29, 1.82) is 0 Å². The molecule has 6 nitrogen and oxygen atoms in total. The Hall–Kier alpha value is -1.51. The fourth-order valence-electron chi connectivity index (χ4n) is 1.68. The first-order chi connectivity index (χ1) is 9.65. The maximum atomic E-state index is 10.5. The third kappa shape index (κ3) is 5.07. The van der Waals surface area contributed by atoms with Crippen molar-refractivity contribution in [3.05, 3.63) is 33.8 Å². The lowest BCUT2D eigenvalue weighted by atomic mass is 10.2. The molecule has 0 bridgehead atoms. The first kappa shape index (κ1) is 17.5. The first-order valence-corrected chi connectivity index (χ1v) is 8.47. The van der Waals surface area contributed by atoms with Crippen LogP contribution in [0.2, 0.25) is 0 Å². The van der Waals surface area contributed by atoms with E-state index in [4.69, 9.17) is 5.11 Å². The molecule has 0 aliphatic rings. The van der Waals surface area contributed by atoms with E-state index in [1.54, 1.807) is 11.3 Å². The van der Waals surface area contributed by atoms with Gasteiger partial charge in [0.25, 0.3) is 5.01 Å². The second-order valence-electron chi connectivity index (χ2n) is 4.36. The molecule has 1 N–H and O–H groups in total. The highest BCUT2D eigenvalue weighted by molar-refractivity contribution is 7.85. The average Bonchev–Trinajstić information content (AvgIpc) is 2.70. The minimum absolute atomic E-state index is 0.227. The molecule has 0 aliphatic carbocycles. The number of aromatic hydroxyl groups is 1. The van der Waals surface area contributed by atoms with Crippen LogP contribution in [-0.2, 0) is 16.7 Å². The zero-order valence-electron chi connectivity index (χ0n) is 12.3. The van der Waals surface area contributed by atoms with Crippen molar-refractivity contribution in [3.63, 3.8) is 0 Å². The number of aryl methyl sites for hydroxylation is 4. The Kier molecular flexibility index (Phi) is 5.82. The summed E-state index contributed by atoms with van der Waals surface area (Å²) in [6, 6.07) is 3.64. The van der Waals surface area contributed by atoms with Gasteiger partial charge in [0.15, 0.2) is 11.6 Å². The van der Waals surface area contributed by atoms with Gasteiger partial charge in [-0.15, -0.1) is 0 Å². The lowest BCUT2D eigenvalue weighted by Gasteiger charge is -2.09. The van der Waals surface area contributed by atoms with Gasteiger partial charge in [-0.2, -0.15) is 0 Å². The second kappa shape index (κ2) is 6.97. The van der Waals surface area contributed by atoms with Gasteiger partial charge in [-0.1, -0.05) is 22.1 Å². The van der Waals surface area contributed by atoms with E-state index >= 15 is 0 Å². The molecule has 0 radical (unpaired) electrons. The molecule has 1 aromatic heterocycles.